The molecule has 0 bridgehead atoms. The first-order valence-electron chi connectivity index (χ1n) is 6.68. The molecule has 1 aliphatic heterocycles. The molecule has 0 radical (unpaired) electrons. The summed E-state index contributed by atoms with van der Waals surface area (Å²) in [6.45, 7) is 2.72. The molecule has 1 saturated heterocycles. The summed E-state index contributed by atoms with van der Waals surface area (Å²) >= 11 is 1.79. The molecule has 4 nitrogen and oxygen atoms in total. The minimum atomic E-state index is -0.156. The van der Waals surface area contributed by atoms with Gasteiger partial charge in [-0.3, -0.25) is 9.69 Å². The summed E-state index contributed by atoms with van der Waals surface area (Å²) in [4.78, 5) is 18.2. The number of thiazole rings is 1. The molecule has 3 rings (SSSR count). The van der Waals surface area contributed by atoms with Crippen LogP contribution < -0.4 is 5.73 Å². The first-order chi connectivity index (χ1) is 8.72. The van der Waals surface area contributed by atoms with E-state index in [9.17, 15) is 4.79 Å². The van der Waals surface area contributed by atoms with E-state index in [0.717, 1.165) is 44.1 Å². The van der Waals surface area contributed by atoms with E-state index >= 15 is 0 Å². The molecule has 2 heterocycles. The molecule has 2 aliphatic rings. The number of hydrogen-bond acceptors (Lipinski definition) is 4. The number of nitrogens with zero attached hydrogens (tertiary/aromatic N) is 2. The van der Waals surface area contributed by atoms with E-state index in [1.54, 1.807) is 11.3 Å². The van der Waals surface area contributed by atoms with Gasteiger partial charge < -0.3 is 5.73 Å². The molecule has 18 heavy (non-hydrogen) atoms. The molecule has 0 spiro atoms. The van der Waals surface area contributed by atoms with Gasteiger partial charge in [-0.1, -0.05) is 0 Å². The number of piperidine rings is 1. The quantitative estimate of drug-likeness (QED) is 0.901. The van der Waals surface area contributed by atoms with Gasteiger partial charge in [0.05, 0.1) is 16.6 Å². The Bertz CT molecular complexity index is 441. The Hall–Kier alpha value is -0.940. The summed E-state index contributed by atoms with van der Waals surface area (Å²) in [5, 5.41) is 3.47. The zero-order valence-corrected chi connectivity index (χ0v) is 11.3. The van der Waals surface area contributed by atoms with E-state index in [0.29, 0.717) is 0 Å². The SMILES string of the molecule is NC(=O)C1CCCN(Cc2csc(C3CC3)n2)C1. The molecule has 0 aromatic carbocycles. The Morgan fingerprint density at radius 3 is 3.06 bits per heavy atom. The third-order valence-electron chi connectivity index (χ3n) is 3.79. The topological polar surface area (TPSA) is 59.2 Å². The van der Waals surface area contributed by atoms with E-state index in [1.807, 2.05) is 0 Å². The van der Waals surface area contributed by atoms with Crippen molar-refractivity contribution in [1.82, 2.24) is 9.88 Å². The molecule has 5 heteroatoms. The van der Waals surface area contributed by atoms with Gasteiger partial charge >= 0.3 is 0 Å². The van der Waals surface area contributed by atoms with E-state index in [2.05, 4.69) is 10.3 Å². The van der Waals surface area contributed by atoms with E-state index in [-0.39, 0.29) is 11.8 Å². The van der Waals surface area contributed by atoms with E-state index in [1.165, 1.54) is 17.8 Å². The maximum absolute atomic E-state index is 11.2. The smallest absolute Gasteiger partial charge is 0.221 e. The van der Waals surface area contributed by atoms with Gasteiger partial charge in [-0.05, 0) is 32.2 Å². The van der Waals surface area contributed by atoms with Crippen LogP contribution in [0.4, 0.5) is 0 Å². The molecule has 1 amide bonds. The van der Waals surface area contributed by atoms with Crippen LogP contribution in [0.15, 0.2) is 5.38 Å². The molecule has 98 valence electrons. The average molecular weight is 265 g/mol. The minimum Gasteiger partial charge on any atom is -0.369 e. The van der Waals surface area contributed by atoms with Gasteiger partial charge in [0.1, 0.15) is 0 Å². The Labute approximate surface area is 111 Å². The highest BCUT2D eigenvalue weighted by atomic mass is 32.1. The Morgan fingerprint density at radius 2 is 2.33 bits per heavy atom. The first-order valence-corrected chi connectivity index (χ1v) is 7.56. The van der Waals surface area contributed by atoms with Crippen LogP contribution in [0.2, 0.25) is 0 Å². The number of rotatable bonds is 4. The van der Waals surface area contributed by atoms with Gasteiger partial charge in [0, 0.05) is 24.4 Å². The van der Waals surface area contributed by atoms with Crippen LogP contribution >= 0.6 is 11.3 Å². The van der Waals surface area contributed by atoms with Crippen molar-refractivity contribution < 1.29 is 4.79 Å². The second-order valence-corrected chi connectivity index (χ2v) is 6.32. The van der Waals surface area contributed by atoms with Crippen molar-refractivity contribution in [1.29, 1.82) is 0 Å². The Kier molecular flexibility index (Phi) is 3.35. The lowest BCUT2D eigenvalue weighted by molar-refractivity contribution is -0.123. The normalized spacial score (nSPS) is 25.2. The predicted octanol–water partition coefficient (Wildman–Crippen LogP) is 1.72. The number of nitrogens with two attached hydrogens (primary N) is 1. The van der Waals surface area contributed by atoms with Crippen molar-refractivity contribution in [2.24, 2.45) is 11.7 Å². The zero-order valence-electron chi connectivity index (χ0n) is 10.5. The van der Waals surface area contributed by atoms with Crippen LogP contribution in [0.25, 0.3) is 0 Å². The molecule has 1 aromatic heterocycles. The number of carbonyl (C=O) groups is 1. The summed E-state index contributed by atoms with van der Waals surface area (Å²) in [5.41, 5.74) is 6.56. The summed E-state index contributed by atoms with van der Waals surface area (Å²) in [6, 6.07) is 0. The van der Waals surface area contributed by atoms with E-state index in [4.69, 9.17) is 10.7 Å². The van der Waals surface area contributed by atoms with Crippen LogP contribution in [-0.4, -0.2) is 28.9 Å². The number of primary amides is 1. The fourth-order valence-electron chi connectivity index (χ4n) is 2.57. The second-order valence-electron chi connectivity index (χ2n) is 5.43. The Balaban J connectivity index is 1.59. The van der Waals surface area contributed by atoms with Gasteiger partial charge in [0.15, 0.2) is 0 Å². The number of likely N-dealkylation sites (tertiary alicyclic amines) is 1. The first kappa shape index (κ1) is 12.1. The standard InChI is InChI=1S/C13H19N3OS/c14-12(17)10-2-1-5-16(6-10)7-11-8-18-13(15-11)9-3-4-9/h8-10H,1-7H2,(H2,14,17). The Morgan fingerprint density at radius 1 is 1.50 bits per heavy atom. The highest BCUT2D eigenvalue weighted by Gasteiger charge is 2.28. The second kappa shape index (κ2) is 4.97. The molecule has 1 unspecified atom stereocenters. The predicted molar refractivity (Wildman–Crippen MR) is 71.3 cm³/mol. The average Bonchev–Trinajstić information content (AvgIpc) is 3.11. The van der Waals surface area contributed by atoms with Gasteiger partial charge in [0.25, 0.3) is 0 Å². The number of aromatic nitrogens is 1. The lowest BCUT2D eigenvalue weighted by atomic mass is 9.97. The maximum Gasteiger partial charge on any atom is 0.221 e. The van der Waals surface area contributed by atoms with Crippen LogP contribution in [0.5, 0.6) is 0 Å². The summed E-state index contributed by atoms with van der Waals surface area (Å²) in [5.74, 6) is 0.611. The molecule has 1 aromatic rings. The van der Waals surface area contributed by atoms with Gasteiger partial charge in [-0.15, -0.1) is 11.3 Å². The lowest BCUT2D eigenvalue weighted by Gasteiger charge is -2.30. The largest absolute Gasteiger partial charge is 0.369 e. The number of hydrogen-bond donors (Lipinski definition) is 1. The zero-order chi connectivity index (χ0) is 12.5. The van der Waals surface area contributed by atoms with Crippen LogP contribution in [0.3, 0.4) is 0 Å². The van der Waals surface area contributed by atoms with Gasteiger partial charge in [-0.25, -0.2) is 4.98 Å². The molecule has 2 N–H and O–H groups in total. The fraction of sp³-hybridized carbons (Fsp3) is 0.692. The van der Waals surface area contributed by atoms with Crippen molar-refractivity contribution in [3.63, 3.8) is 0 Å². The van der Waals surface area contributed by atoms with Crippen molar-refractivity contribution in [3.8, 4) is 0 Å². The van der Waals surface area contributed by atoms with Crippen LogP contribution in [0, 0.1) is 5.92 Å². The highest BCUT2D eigenvalue weighted by molar-refractivity contribution is 7.09. The van der Waals surface area contributed by atoms with Gasteiger partial charge in [-0.2, -0.15) is 0 Å². The summed E-state index contributed by atoms with van der Waals surface area (Å²) < 4.78 is 0. The summed E-state index contributed by atoms with van der Waals surface area (Å²) in [6.07, 6.45) is 4.62. The third-order valence-corrected chi connectivity index (χ3v) is 4.85. The lowest BCUT2D eigenvalue weighted by Crippen LogP contribution is -2.40. The van der Waals surface area contributed by atoms with Crippen LogP contribution in [-0.2, 0) is 11.3 Å². The van der Waals surface area contributed by atoms with Crippen molar-refractivity contribution in [3.05, 3.63) is 16.1 Å². The highest BCUT2D eigenvalue weighted by Crippen LogP contribution is 2.41. The van der Waals surface area contributed by atoms with E-state index < -0.39 is 0 Å². The molecule has 1 atom stereocenters. The number of carbonyl (C=O) groups excluding carboxylic acids is 1. The molecule has 1 saturated carbocycles. The third kappa shape index (κ3) is 2.72. The molecule has 1 aliphatic carbocycles. The molecular weight excluding hydrogens is 246 g/mol. The summed E-state index contributed by atoms with van der Waals surface area (Å²) in [7, 11) is 0. The number of amides is 1. The van der Waals surface area contributed by atoms with Crippen molar-refractivity contribution in [2.75, 3.05) is 13.1 Å². The van der Waals surface area contributed by atoms with Crippen molar-refractivity contribution in [2.45, 2.75) is 38.1 Å². The van der Waals surface area contributed by atoms with Gasteiger partial charge in [0.2, 0.25) is 5.91 Å². The fourth-order valence-corrected chi connectivity index (χ4v) is 3.56. The molecular formula is C13H19N3OS. The van der Waals surface area contributed by atoms with Crippen LogP contribution in [0.1, 0.15) is 42.3 Å². The molecule has 2 fully saturated rings. The minimum absolute atomic E-state index is 0.0280. The van der Waals surface area contributed by atoms with Crippen molar-refractivity contribution >= 4 is 17.2 Å². The maximum atomic E-state index is 11.2. The monoisotopic (exact) mass is 265 g/mol.